The molecule has 3 heterocycles. The first kappa shape index (κ1) is 47.6. The molecule has 498 valence electrons. The van der Waals surface area contributed by atoms with Crippen LogP contribution in [0.5, 0.6) is 0 Å². The van der Waals surface area contributed by atoms with Gasteiger partial charge in [-0.3, -0.25) is 0 Å². The molecule has 0 radical (unpaired) electrons. The zero-order valence-corrected chi connectivity index (χ0v) is 57.4. The predicted octanol–water partition coefficient (Wildman–Crippen LogP) is 27.6. The average molecular weight is 1360 g/mol. The summed E-state index contributed by atoms with van der Waals surface area (Å²) in [6, 6.07) is 89.4. The van der Waals surface area contributed by atoms with Crippen molar-refractivity contribution < 1.29 is 21.9 Å². The van der Waals surface area contributed by atoms with E-state index in [1.807, 2.05) is 146 Å². The molecule has 5 nitrogen and oxygen atoms in total. The average Bonchev–Trinajstić information content (AvgIpc) is 1.59. The second-order valence-corrected chi connectivity index (χ2v) is 27.2. The van der Waals surface area contributed by atoms with Crippen LogP contribution in [0.4, 0.5) is 34.1 Å². The largest absolute Gasteiger partial charge is 0.309 e. The maximum atomic E-state index is 9.82. The summed E-state index contributed by atoms with van der Waals surface area (Å²) in [6.45, 7) is 6.56. The molecule has 0 spiro atoms. The van der Waals surface area contributed by atoms with E-state index in [2.05, 4.69) is 169 Å². The highest BCUT2D eigenvalue weighted by molar-refractivity contribution is 6.17. The van der Waals surface area contributed by atoms with Crippen LogP contribution < -0.4 is 9.80 Å². The molecule has 0 saturated carbocycles. The molecular weight excluding hydrogens is 1270 g/mol. The van der Waals surface area contributed by atoms with Gasteiger partial charge in [0.2, 0.25) is 0 Å². The van der Waals surface area contributed by atoms with E-state index in [0.29, 0.717) is 51.1 Å². The summed E-state index contributed by atoms with van der Waals surface area (Å²) in [6.07, 6.45) is 0. The second-order valence-electron chi connectivity index (χ2n) is 27.2. The van der Waals surface area contributed by atoms with Crippen LogP contribution in [-0.2, 0) is 5.41 Å². The van der Waals surface area contributed by atoms with Gasteiger partial charge in [-0.15, -0.1) is 0 Å². The lowest BCUT2D eigenvalue weighted by Crippen LogP contribution is -2.18. The number of hydrogen-bond donors (Lipinski definition) is 0. The Kier molecular flexibility index (Phi) is 11.7. The molecule has 0 atom stereocenters. The van der Waals surface area contributed by atoms with E-state index in [0.717, 1.165) is 83.1 Å². The Bertz CT molecular complexity index is 7240. The molecule has 0 aliphatic heterocycles. The van der Waals surface area contributed by atoms with Crippen LogP contribution in [0.1, 0.15) is 48.3 Å². The van der Waals surface area contributed by atoms with E-state index in [-0.39, 0.29) is 43.6 Å². The zero-order valence-electron chi connectivity index (χ0n) is 73.4. The van der Waals surface area contributed by atoms with E-state index < -0.39 is 102 Å². The number of para-hydroxylation sites is 7. The van der Waals surface area contributed by atoms with Gasteiger partial charge in [-0.25, -0.2) is 0 Å². The Morgan fingerprint density at radius 3 is 1.04 bits per heavy atom. The smallest absolute Gasteiger partial charge is 0.0645 e. The van der Waals surface area contributed by atoms with Crippen molar-refractivity contribution in [2.45, 2.75) is 26.2 Å². The van der Waals surface area contributed by atoms with Crippen LogP contribution in [0.15, 0.2) is 388 Å². The lowest BCUT2D eigenvalue weighted by Gasteiger charge is -2.35. The summed E-state index contributed by atoms with van der Waals surface area (Å²) in [7, 11) is 0. The Hall–Kier alpha value is -13.5. The van der Waals surface area contributed by atoms with Gasteiger partial charge in [-0.05, 0) is 160 Å². The third-order valence-corrected chi connectivity index (χ3v) is 20.0. The molecule has 105 heavy (non-hydrogen) atoms. The normalized spacial score (nSPS) is 13.9. The monoisotopic (exact) mass is 1360 g/mol. The molecule has 0 bridgehead atoms. The maximum Gasteiger partial charge on any atom is 0.0645 e. The van der Waals surface area contributed by atoms with Crippen LogP contribution in [0, 0.1) is 0 Å². The number of aromatic nitrogens is 3. The molecule has 0 amide bonds. The minimum atomic E-state index is -0.568. The van der Waals surface area contributed by atoms with Crippen molar-refractivity contribution in [2.75, 3.05) is 9.80 Å². The maximum absolute atomic E-state index is 9.82. The quantitative estimate of drug-likeness (QED) is 0.108. The lowest BCUT2D eigenvalue weighted by molar-refractivity contribution is 0.591. The van der Waals surface area contributed by atoms with Gasteiger partial charge >= 0.3 is 0 Å². The predicted molar refractivity (Wildman–Crippen MR) is 445 cm³/mol. The molecule has 19 aromatic rings. The Morgan fingerprint density at radius 1 is 0.248 bits per heavy atom. The number of hydrogen-bond acceptors (Lipinski definition) is 2. The van der Waals surface area contributed by atoms with Gasteiger partial charge in [0.05, 0.1) is 66.4 Å². The number of nitrogens with zero attached hydrogens (tertiary/aromatic N) is 5. The fourth-order valence-electron chi connectivity index (χ4n) is 15.3. The minimum absolute atomic E-state index is 0.0565. The van der Waals surface area contributed by atoms with Crippen LogP contribution in [0.2, 0.25) is 0 Å². The lowest BCUT2D eigenvalue weighted by atomic mass is 9.82. The topological polar surface area (TPSA) is 21.3 Å². The Labute approximate surface area is 634 Å². The van der Waals surface area contributed by atoms with Gasteiger partial charge in [-0.2, -0.15) is 0 Å². The highest BCUT2D eigenvalue weighted by atomic mass is 15.2. The van der Waals surface area contributed by atoms with Gasteiger partial charge in [-0.1, -0.05) is 293 Å². The van der Waals surface area contributed by atoms with E-state index in [9.17, 15) is 16.4 Å². The molecule has 0 aliphatic carbocycles. The number of rotatable bonds is 14. The van der Waals surface area contributed by atoms with Crippen molar-refractivity contribution in [1.29, 1.82) is 0 Å². The summed E-state index contributed by atoms with van der Waals surface area (Å²) in [5, 5.41) is 1.58. The van der Waals surface area contributed by atoms with Crippen molar-refractivity contribution in [3.8, 4) is 72.7 Å². The molecule has 0 aliphatic rings. The fourth-order valence-corrected chi connectivity index (χ4v) is 15.3. The van der Waals surface area contributed by atoms with Gasteiger partial charge < -0.3 is 23.5 Å². The summed E-state index contributed by atoms with van der Waals surface area (Å²) in [4.78, 5) is 4.41. The fraction of sp³-hybridized carbons (Fsp3) is 0.0400. The van der Waals surface area contributed by atoms with Crippen molar-refractivity contribution in [1.82, 2.24) is 13.7 Å². The van der Waals surface area contributed by atoms with Crippen LogP contribution >= 0.6 is 0 Å². The van der Waals surface area contributed by atoms with Crippen LogP contribution in [-0.4, -0.2) is 13.7 Å². The van der Waals surface area contributed by atoms with Crippen molar-refractivity contribution in [3.05, 3.63) is 393 Å². The number of anilines is 6. The summed E-state index contributed by atoms with van der Waals surface area (Å²) in [5.74, 6) is 0. The summed E-state index contributed by atoms with van der Waals surface area (Å²) < 4.78 is 156. The van der Waals surface area contributed by atoms with Gasteiger partial charge in [0.1, 0.15) is 0 Å². The Balaban J connectivity index is 1.02. The number of fused-ring (bicyclic) bond motifs is 9. The first-order valence-electron chi connectivity index (χ1n) is 43.0. The molecule has 0 saturated heterocycles. The molecule has 0 unspecified atom stereocenters. The first-order chi connectivity index (χ1) is 58.4. The molecule has 3 aromatic heterocycles. The third kappa shape index (κ3) is 10.9. The highest BCUT2D eigenvalue weighted by Crippen LogP contribution is 2.54. The van der Waals surface area contributed by atoms with E-state index in [1.54, 1.807) is 16.7 Å². The van der Waals surface area contributed by atoms with Crippen LogP contribution in [0.3, 0.4) is 0 Å². The van der Waals surface area contributed by atoms with Gasteiger partial charge in [0.25, 0.3) is 0 Å². The molecule has 16 aromatic carbocycles. The van der Waals surface area contributed by atoms with Gasteiger partial charge in [0, 0.05) is 94.4 Å². The molecule has 19 rings (SSSR count). The minimum Gasteiger partial charge on any atom is -0.309 e. The number of benzene rings is 16. The van der Waals surface area contributed by atoms with Crippen molar-refractivity contribution in [3.63, 3.8) is 0 Å². The van der Waals surface area contributed by atoms with E-state index in [4.69, 9.17) is 5.48 Å². The molecule has 5 heteroatoms. The van der Waals surface area contributed by atoms with E-state index >= 15 is 0 Å². The van der Waals surface area contributed by atoms with E-state index in [1.165, 1.54) is 4.57 Å². The SMILES string of the molecule is [2H]c1c([2H])c([2H])c2c(c1[2H])c1c([2H])c([2H])c([2H])c([2H])c1n2-c1cccc(N(c2cc(-c3cccc4c3c3ccccc3n4-c3ccccc3)cc(N(c3cccc(-n4c5c([2H])c([2H])c([2H])c([2H])c5c5c([2H])c([2H])c([2H])c([2H])c54)c3)c3c(-c4ccccc4)cc(C(C)(C)C)cc3-c3ccccc3)c2)c2c(-c3ccccc3)cccc2-c2ccccc2)c1. The van der Waals surface area contributed by atoms with Crippen LogP contribution in [0.25, 0.3) is 138 Å². The standard InChI is InChI=1S/C100H73N5/c1-100(2,3)73-63-89(70-37-13-6-14-38-70)99(90(64-73)71-39-15-7-16-40-71)102(76-44-30-46-78(66-76)105-93-57-26-21-49-86(93)87-50-22-27-58-94(87)105)80-62-72(81-52-32-60-96-97(81)88-51-23-28-59-95(88)103(96)74-41-17-8-18-42-74)61-79(67-80)101(98-82(68-33-9-4-10-34-68)53-31-54-83(98)69-35-11-5-12-36-69)75-43-29-45-77(65-75)104-91-55-24-19-47-84(91)85-48-20-25-56-92(85)104/h4-67H,1-3H3/i19D,20D,21D,22D,24D,25D,26D,27D,47D,48D,49D,50D,55D,56D,57D,58D. The van der Waals surface area contributed by atoms with Gasteiger partial charge in [0.15, 0.2) is 0 Å². The zero-order chi connectivity index (χ0) is 84.0. The summed E-state index contributed by atoms with van der Waals surface area (Å²) in [5.41, 5.74) is 15.4. The third-order valence-electron chi connectivity index (χ3n) is 20.0. The molecule has 0 N–H and O–H groups in total. The summed E-state index contributed by atoms with van der Waals surface area (Å²) >= 11 is 0. The second kappa shape index (κ2) is 25.8. The van der Waals surface area contributed by atoms with Crippen molar-refractivity contribution >= 4 is 99.5 Å². The molecular formula is C100H73N5. The Morgan fingerprint density at radius 2 is 0.590 bits per heavy atom. The highest BCUT2D eigenvalue weighted by Gasteiger charge is 2.31. The molecule has 0 fully saturated rings. The first-order valence-corrected chi connectivity index (χ1v) is 35.0. The van der Waals surface area contributed by atoms with Crippen molar-refractivity contribution in [2.24, 2.45) is 0 Å².